The molecule has 0 unspecified atom stereocenters. The molecule has 2 rings (SSSR count). The number of sulfone groups is 1. The first kappa shape index (κ1) is 21.2. The van der Waals surface area contributed by atoms with E-state index in [0.717, 1.165) is 6.26 Å². The number of carbonyl (C=O) groups excluding carboxylic acids is 2. The fourth-order valence-electron chi connectivity index (χ4n) is 2.27. The second-order valence-corrected chi connectivity index (χ2v) is 7.92. The van der Waals surface area contributed by atoms with Gasteiger partial charge in [0.1, 0.15) is 11.5 Å². The molecule has 1 N–H and O–H groups in total. The van der Waals surface area contributed by atoms with Gasteiger partial charge in [0.15, 0.2) is 15.9 Å². The Morgan fingerprint density at radius 2 is 1.64 bits per heavy atom. The average molecular weight is 407 g/mol. The molecule has 0 saturated carbocycles. The number of methoxy groups -OCH3 is 2. The molecule has 9 heteroatoms. The number of ether oxygens (including phenoxy) is 3. The van der Waals surface area contributed by atoms with Crippen LogP contribution in [0.5, 0.6) is 11.5 Å². The van der Waals surface area contributed by atoms with Crippen LogP contribution in [0.25, 0.3) is 0 Å². The van der Waals surface area contributed by atoms with Gasteiger partial charge in [-0.1, -0.05) is 0 Å². The normalized spacial score (nSPS) is 12.0. The van der Waals surface area contributed by atoms with Gasteiger partial charge in [0.25, 0.3) is 5.91 Å². The number of esters is 1. The highest BCUT2D eigenvalue weighted by atomic mass is 32.2. The van der Waals surface area contributed by atoms with Crippen LogP contribution in [0.4, 0.5) is 5.69 Å². The van der Waals surface area contributed by atoms with E-state index in [-0.39, 0.29) is 10.5 Å². The maximum Gasteiger partial charge on any atom is 0.338 e. The van der Waals surface area contributed by atoms with Gasteiger partial charge in [-0.2, -0.15) is 0 Å². The van der Waals surface area contributed by atoms with Crippen molar-refractivity contribution in [3.63, 3.8) is 0 Å². The summed E-state index contributed by atoms with van der Waals surface area (Å²) in [6.45, 7) is 1.42. The van der Waals surface area contributed by atoms with E-state index in [9.17, 15) is 18.0 Å². The Bertz CT molecular complexity index is 968. The lowest BCUT2D eigenvalue weighted by Gasteiger charge is -2.16. The predicted octanol–water partition coefficient (Wildman–Crippen LogP) is 2.29. The molecule has 0 saturated heterocycles. The van der Waals surface area contributed by atoms with Crippen LogP contribution in [0.2, 0.25) is 0 Å². The van der Waals surface area contributed by atoms with Crippen LogP contribution in [0, 0.1) is 0 Å². The topological polar surface area (TPSA) is 108 Å². The molecule has 0 aliphatic carbocycles. The standard InChI is InChI=1S/C19H21NO7S/c1-12(18(21)20-16-11-14(25-2)7-10-17(16)26-3)27-19(22)13-5-8-15(9-6-13)28(4,23)24/h5-12H,1-4H3,(H,20,21)/t12-/m1/s1. The first-order valence-electron chi connectivity index (χ1n) is 8.19. The molecule has 0 radical (unpaired) electrons. The highest BCUT2D eigenvalue weighted by Crippen LogP contribution is 2.29. The third kappa shape index (κ3) is 5.23. The maximum atomic E-state index is 12.4. The number of carbonyl (C=O) groups is 2. The summed E-state index contributed by atoms with van der Waals surface area (Å²) in [5, 5.41) is 2.62. The van der Waals surface area contributed by atoms with Gasteiger partial charge in [0, 0.05) is 12.3 Å². The van der Waals surface area contributed by atoms with Crippen LogP contribution < -0.4 is 14.8 Å². The van der Waals surface area contributed by atoms with Crippen LogP contribution in [-0.2, 0) is 19.4 Å². The summed E-state index contributed by atoms with van der Waals surface area (Å²) in [6, 6.07) is 10.2. The van der Waals surface area contributed by atoms with Crippen molar-refractivity contribution in [3.05, 3.63) is 48.0 Å². The molecule has 0 spiro atoms. The molecule has 0 aliphatic heterocycles. The smallest absolute Gasteiger partial charge is 0.338 e. The molecular weight excluding hydrogens is 386 g/mol. The number of hydrogen-bond acceptors (Lipinski definition) is 7. The zero-order valence-electron chi connectivity index (χ0n) is 15.9. The molecular formula is C19H21NO7S. The van der Waals surface area contributed by atoms with Gasteiger partial charge in [0.05, 0.1) is 30.4 Å². The maximum absolute atomic E-state index is 12.4. The highest BCUT2D eigenvalue weighted by Gasteiger charge is 2.21. The van der Waals surface area contributed by atoms with Crippen molar-refractivity contribution in [1.82, 2.24) is 0 Å². The van der Waals surface area contributed by atoms with Crippen molar-refractivity contribution in [2.45, 2.75) is 17.9 Å². The lowest BCUT2D eigenvalue weighted by atomic mass is 10.2. The number of anilines is 1. The summed E-state index contributed by atoms with van der Waals surface area (Å²) in [7, 11) is -0.415. The number of benzene rings is 2. The lowest BCUT2D eigenvalue weighted by Crippen LogP contribution is -2.30. The Labute approximate surface area is 163 Å². The second-order valence-electron chi connectivity index (χ2n) is 5.90. The van der Waals surface area contributed by atoms with Gasteiger partial charge in [-0.25, -0.2) is 13.2 Å². The van der Waals surface area contributed by atoms with Gasteiger partial charge in [0.2, 0.25) is 0 Å². The van der Waals surface area contributed by atoms with E-state index >= 15 is 0 Å². The van der Waals surface area contributed by atoms with E-state index in [1.54, 1.807) is 18.2 Å². The Hall–Kier alpha value is -3.07. The van der Waals surface area contributed by atoms with E-state index in [1.807, 2.05) is 0 Å². The Kier molecular flexibility index (Phi) is 6.63. The molecule has 2 aromatic carbocycles. The van der Waals surface area contributed by atoms with Gasteiger partial charge in [-0.05, 0) is 43.3 Å². The fraction of sp³-hybridized carbons (Fsp3) is 0.263. The molecule has 2 aromatic rings. The largest absolute Gasteiger partial charge is 0.497 e. The molecule has 8 nitrogen and oxygen atoms in total. The number of hydrogen-bond donors (Lipinski definition) is 1. The van der Waals surface area contributed by atoms with Gasteiger partial charge < -0.3 is 19.5 Å². The van der Waals surface area contributed by atoms with Crippen molar-refractivity contribution in [2.75, 3.05) is 25.8 Å². The summed E-state index contributed by atoms with van der Waals surface area (Å²) in [5.41, 5.74) is 0.498. The first-order valence-corrected chi connectivity index (χ1v) is 10.1. The van der Waals surface area contributed by atoms with Crippen molar-refractivity contribution >= 4 is 27.4 Å². The van der Waals surface area contributed by atoms with Crippen LogP contribution in [-0.4, -0.2) is 46.9 Å². The molecule has 0 heterocycles. The third-order valence-electron chi connectivity index (χ3n) is 3.84. The third-order valence-corrected chi connectivity index (χ3v) is 4.96. The summed E-state index contributed by atoms with van der Waals surface area (Å²) < 4.78 is 38.4. The zero-order valence-corrected chi connectivity index (χ0v) is 16.7. The Balaban J connectivity index is 2.07. The fourth-order valence-corrected chi connectivity index (χ4v) is 2.90. The van der Waals surface area contributed by atoms with Crippen molar-refractivity contribution in [3.8, 4) is 11.5 Å². The van der Waals surface area contributed by atoms with E-state index in [0.29, 0.717) is 17.2 Å². The minimum Gasteiger partial charge on any atom is -0.497 e. The quantitative estimate of drug-likeness (QED) is 0.702. The molecule has 0 bridgehead atoms. The molecule has 0 aliphatic rings. The summed E-state index contributed by atoms with van der Waals surface area (Å²) in [5.74, 6) is -0.372. The van der Waals surface area contributed by atoms with Crippen molar-refractivity contribution < 1.29 is 32.2 Å². The van der Waals surface area contributed by atoms with Crippen LogP contribution in [0.1, 0.15) is 17.3 Å². The molecule has 28 heavy (non-hydrogen) atoms. The Morgan fingerprint density at radius 1 is 1.00 bits per heavy atom. The second kappa shape index (κ2) is 8.75. The van der Waals surface area contributed by atoms with Crippen LogP contribution in [0.3, 0.4) is 0 Å². The zero-order chi connectivity index (χ0) is 20.9. The SMILES string of the molecule is COc1ccc(OC)c(NC(=O)[C@@H](C)OC(=O)c2ccc(S(C)(=O)=O)cc2)c1. The average Bonchev–Trinajstić information content (AvgIpc) is 2.67. The van der Waals surface area contributed by atoms with Crippen LogP contribution >= 0.6 is 0 Å². The van der Waals surface area contributed by atoms with E-state index in [1.165, 1.54) is 45.4 Å². The van der Waals surface area contributed by atoms with Crippen molar-refractivity contribution in [1.29, 1.82) is 0 Å². The Morgan fingerprint density at radius 3 is 2.18 bits per heavy atom. The summed E-state index contributed by atoms with van der Waals surface area (Å²) in [6.07, 6.45) is -0.0300. The minimum absolute atomic E-state index is 0.0833. The van der Waals surface area contributed by atoms with Crippen LogP contribution in [0.15, 0.2) is 47.4 Å². The molecule has 0 aromatic heterocycles. The van der Waals surface area contributed by atoms with Gasteiger partial charge >= 0.3 is 5.97 Å². The minimum atomic E-state index is -3.37. The van der Waals surface area contributed by atoms with Crippen molar-refractivity contribution in [2.24, 2.45) is 0 Å². The lowest BCUT2D eigenvalue weighted by molar-refractivity contribution is -0.123. The van der Waals surface area contributed by atoms with E-state index < -0.39 is 27.8 Å². The van der Waals surface area contributed by atoms with Gasteiger partial charge in [-0.15, -0.1) is 0 Å². The van der Waals surface area contributed by atoms with Gasteiger partial charge in [-0.3, -0.25) is 4.79 Å². The molecule has 150 valence electrons. The predicted molar refractivity (Wildman–Crippen MR) is 103 cm³/mol. The summed E-state index contributed by atoms with van der Waals surface area (Å²) in [4.78, 5) is 24.7. The van der Waals surface area contributed by atoms with E-state index in [2.05, 4.69) is 5.32 Å². The monoisotopic (exact) mass is 407 g/mol. The molecule has 1 amide bonds. The highest BCUT2D eigenvalue weighted by molar-refractivity contribution is 7.90. The number of rotatable bonds is 7. The number of amides is 1. The molecule has 0 fully saturated rings. The summed E-state index contributed by atoms with van der Waals surface area (Å²) >= 11 is 0. The number of nitrogens with one attached hydrogen (secondary N) is 1. The first-order chi connectivity index (χ1) is 13.2. The molecule has 1 atom stereocenters. The van der Waals surface area contributed by atoms with E-state index in [4.69, 9.17) is 14.2 Å².